The summed E-state index contributed by atoms with van der Waals surface area (Å²) in [6, 6.07) is 7.41. The van der Waals surface area contributed by atoms with Gasteiger partial charge in [0.1, 0.15) is 0 Å². The Morgan fingerprint density at radius 1 is 1.31 bits per heavy atom. The van der Waals surface area contributed by atoms with Crippen molar-refractivity contribution in [2.75, 3.05) is 6.54 Å². The summed E-state index contributed by atoms with van der Waals surface area (Å²) in [5, 5.41) is 3.62. The third kappa shape index (κ3) is 0.969. The van der Waals surface area contributed by atoms with Crippen molar-refractivity contribution in [3.05, 3.63) is 34.9 Å². The monoisotopic (exact) mass is 173 g/mol. The number of aryl methyl sites for hydroxylation is 1. The molecule has 1 N–H and O–H groups in total. The first-order valence-corrected chi connectivity index (χ1v) is 5.19. The smallest absolute Gasteiger partial charge is 0.0326 e. The van der Waals surface area contributed by atoms with E-state index in [9.17, 15) is 0 Å². The van der Waals surface area contributed by atoms with Gasteiger partial charge < -0.3 is 5.32 Å². The Balaban J connectivity index is 2.23. The van der Waals surface area contributed by atoms with E-state index in [1.165, 1.54) is 24.9 Å². The van der Waals surface area contributed by atoms with Crippen molar-refractivity contribution in [3.63, 3.8) is 0 Å². The zero-order chi connectivity index (χ0) is 8.84. The van der Waals surface area contributed by atoms with Crippen molar-refractivity contribution in [2.45, 2.75) is 31.7 Å². The predicted molar refractivity (Wildman–Crippen MR) is 53.9 cm³/mol. The fraction of sp³-hybridized carbons (Fsp3) is 0.500. The average Bonchev–Trinajstić information content (AvgIpc) is 2.20. The average molecular weight is 173 g/mol. The van der Waals surface area contributed by atoms with Crippen LogP contribution in [0.5, 0.6) is 0 Å². The number of rotatable bonds is 0. The number of hydrogen-bond donors (Lipinski definition) is 1. The van der Waals surface area contributed by atoms with Gasteiger partial charge in [0.05, 0.1) is 0 Å². The molecule has 2 heterocycles. The van der Waals surface area contributed by atoms with Crippen molar-refractivity contribution in [1.82, 2.24) is 5.32 Å². The maximum absolute atomic E-state index is 3.62. The van der Waals surface area contributed by atoms with Gasteiger partial charge in [0.25, 0.3) is 0 Å². The molecule has 3 aliphatic rings. The summed E-state index contributed by atoms with van der Waals surface area (Å²) >= 11 is 0. The molecule has 0 unspecified atom stereocenters. The summed E-state index contributed by atoms with van der Waals surface area (Å²) in [4.78, 5) is 0. The fourth-order valence-electron chi connectivity index (χ4n) is 2.90. The van der Waals surface area contributed by atoms with Gasteiger partial charge in [0, 0.05) is 12.6 Å². The van der Waals surface area contributed by atoms with Crippen LogP contribution in [0.15, 0.2) is 18.2 Å². The molecule has 2 bridgehead atoms. The van der Waals surface area contributed by atoms with E-state index < -0.39 is 0 Å². The highest BCUT2D eigenvalue weighted by Crippen LogP contribution is 2.42. The van der Waals surface area contributed by atoms with Crippen LogP contribution < -0.4 is 5.32 Å². The van der Waals surface area contributed by atoms with Crippen LogP contribution in [0.1, 0.15) is 41.5 Å². The Kier molecular flexibility index (Phi) is 1.50. The molecule has 1 heteroatoms. The molecular weight excluding hydrogens is 158 g/mol. The lowest BCUT2D eigenvalue weighted by Crippen LogP contribution is -2.38. The molecule has 1 aliphatic carbocycles. The number of nitrogens with one attached hydrogen (secondary N) is 1. The van der Waals surface area contributed by atoms with Crippen molar-refractivity contribution >= 4 is 0 Å². The molecule has 0 radical (unpaired) electrons. The Hall–Kier alpha value is -0.820. The molecule has 13 heavy (non-hydrogen) atoms. The zero-order valence-corrected chi connectivity index (χ0v) is 8.01. The van der Waals surface area contributed by atoms with Crippen LogP contribution >= 0.6 is 0 Å². The number of benzene rings is 1. The first kappa shape index (κ1) is 7.57. The van der Waals surface area contributed by atoms with E-state index in [0.717, 1.165) is 5.92 Å². The van der Waals surface area contributed by atoms with Gasteiger partial charge in [0.2, 0.25) is 0 Å². The Morgan fingerprint density at radius 3 is 2.92 bits per heavy atom. The normalized spacial score (nSPS) is 30.2. The summed E-state index contributed by atoms with van der Waals surface area (Å²) in [6.45, 7) is 3.43. The molecule has 1 aromatic carbocycles. The van der Waals surface area contributed by atoms with Gasteiger partial charge in [-0.2, -0.15) is 0 Å². The van der Waals surface area contributed by atoms with Crippen LogP contribution in [0, 0.1) is 6.92 Å². The Bertz CT molecular complexity index is 335. The van der Waals surface area contributed by atoms with Gasteiger partial charge in [-0.25, -0.2) is 0 Å². The van der Waals surface area contributed by atoms with E-state index in [1.807, 2.05) is 0 Å². The van der Waals surface area contributed by atoms with Gasteiger partial charge in [-0.15, -0.1) is 0 Å². The summed E-state index contributed by atoms with van der Waals surface area (Å²) in [5.41, 5.74) is 4.69. The Labute approximate surface area is 79.2 Å². The van der Waals surface area contributed by atoms with Gasteiger partial charge in [0.15, 0.2) is 0 Å². The van der Waals surface area contributed by atoms with Crippen LogP contribution in [0.4, 0.5) is 0 Å². The molecule has 2 aliphatic heterocycles. The zero-order valence-electron chi connectivity index (χ0n) is 8.01. The first-order valence-electron chi connectivity index (χ1n) is 5.19. The van der Waals surface area contributed by atoms with Crippen LogP contribution in [-0.4, -0.2) is 6.54 Å². The highest BCUT2D eigenvalue weighted by atomic mass is 14.9. The minimum Gasteiger partial charge on any atom is -0.309 e. The van der Waals surface area contributed by atoms with E-state index in [0.29, 0.717) is 6.04 Å². The van der Waals surface area contributed by atoms with Gasteiger partial charge in [-0.3, -0.25) is 0 Å². The molecule has 68 valence electrons. The second-order valence-corrected chi connectivity index (χ2v) is 4.31. The molecular formula is C12H15N. The molecule has 1 fully saturated rings. The second kappa shape index (κ2) is 2.58. The molecule has 0 amide bonds. The van der Waals surface area contributed by atoms with Crippen molar-refractivity contribution in [2.24, 2.45) is 0 Å². The molecule has 2 atom stereocenters. The lowest BCUT2D eigenvalue weighted by atomic mass is 9.75. The summed E-state index contributed by atoms with van der Waals surface area (Å²) in [7, 11) is 0. The van der Waals surface area contributed by atoms with E-state index >= 15 is 0 Å². The minimum atomic E-state index is 0.654. The van der Waals surface area contributed by atoms with Gasteiger partial charge >= 0.3 is 0 Å². The SMILES string of the molecule is Cc1cccc2c1[C@@H]1CC[C@H]2CN1. The summed E-state index contributed by atoms with van der Waals surface area (Å²) < 4.78 is 0. The third-order valence-corrected chi connectivity index (χ3v) is 3.56. The minimum absolute atomic E-state index is 0.654. The molecule has 1 aromatic rings. The second-order valence-electron chi connectivity index (χ2n) is 4.31. The maximum atomic E-state index is 3.62. The van der Waals surface area contributed by atoms with E-state index in [-0.39, 0.29) is 0 Å². The van der Waals surface area contributed by atoms with Crippen LogP contribution in [0.3, 0.4) is 0 Å². The van der Waals surface area contributed by atoms with Gasteiger partial charge in [-0.05, 0) is 42.4 Å². The van der Waals surface area contributed by atoms with Crippen LogP contribution in [0.25, 0.3) is 0 Å². The summed E-state index contributed by atoms with van der Waals surface area (Å²) in [5.74, 6) is 0.792. The lowest BCUT2D eigenvalue weighted by Gasteiger charge is -2.40. The largest absolute Gasteiger partial charge is 0.309 e. The standard InChI is InChI=1S/C12H15N/c1-8-3-2-4-10-9-5-6-11(12(8)10)13-7-9/h2-4,9,11,13H,5-7H2,1H3/t9-,11-/m0/s1. The molecule has 1 saturated heterocycles. The molecule has 0 aromatic heterocycles. The molecule has 0 saturated carbocycles. The van der Waals surface area contributed by atoms with E-state index in [1.54, 1.807) is 11.1 Å². The lowest BCUT2D eigenvalue weighted by molar-refractivity contribution is 0.336. The van der Waals surface area contributed by atoms with Gasteiger partial charge in [-0.1, -0.05) is 18.2 Å². The molecule has 0 spiro atoms. The third-order valence-electron chi connectivity index (χ3n) is 3.56. The molecule has 4 rings (SSSR count). The quantitative estimate of drug-likeness (QED) is 0.635. The maximum Gasteiger partial charge on any atom is 0.0326 e. The van der Waals surface area contributed by atoms with E-state index in [4.69, 9.17) is 0 Å². The number of hydrogen-bond acceptors (Lipinski definition) is 1. The fourth-order valence-corrected chi connectivity index (χ4v) is 2.90. The van der Waals surface area contributed by atoms with Crippen molar-refractivity contribution < 1.29 is 0 Å². The predicted octanol–water partition coefficient (Wildman–Crippen LogP) is 2.52. The Morgan fingerprint density at radius 2 is 2.23 bits per heavy atom. The highest BCUT2D eigenvalue weighted by Gasteiger charge is 2.32. The topological polar surface area (TPSA) is 12.0 Å². The van der Waals surface area contributed by atoms with Crippen molar-refractivity contribution in [1.29, 1.82) is 0 Å². The number of fused-ring (bicyclic) bond motifs is 2. The number of piperidine rings is 1. The van der Waals surface area contributed by atoms with Crippen molar-refractivity contribution in [3.8, 4) is 0 Å². The van der Waals surface area contributed by atoms with Crippen LogP contribution in [-0.2, 0) is 0 Å². The molecule has 1 nitrogen and oxygen atoms in total. The summed E-state index contributed by atoms with van der Waals surface area (Å²) in [6.07, 6.45) is 2.72. The van der Waals surface area contributed by atoms with E-state index in [2.05, 4.69) is 30.4 Å². The highest BCUT2D eigenvalue weighted by molar-refractivity contribution is 5.43. The van der Waals surface area contributed by atoms with Crippen LogP contribution in [0.2, 0.25) is 0 Å². The first-order chi connectivity index (χ1) is 6.36.